The summed E-state index contributed by atoms with van der Waals surface area (Å²) in [4.78, 5) is 70.8. The van der Waals surface area contributed by atoms with Crippen LogP contribution in [0.15, 0.2) is 66.9 Å². The predicted octanol–water partition coefficient (Wildman–Crippen LogP) is 5.78. The highest BCUT2D eigenvalue weighted by Gasteiger charge is 2.45. The lowest BCUT2D eigenvalue weighted by Crippen LogP contribution is -2.54. The Bertz CT molecular complexity index is 2530. The van der Waals surface area contributed by atoms with Crippen LogP contribution in [-0.4, -0.2) is 140 Å². The van der Waals surface area contributed by atoms with Crippen LogP contribution in [0, 0.1) is 5.92 Å². The number of nitrogens with zero attached hydrogens (tertiary/aromatic N) is 7. The van der Waals surface area contributed by atoms with Gasteiger partial charge in [0.15, 0.2) is 5.82 Å². The van der Waals surface area contributed by atoms with Crippen LogP contribution in [0.4, 0.5) is 34.5 Å². The van der Waals surface area contributed by atoms with Crippen LogP contribution in [0.1, 0.15) is 59.2 Å². The lowest BCUT2D eigenvalue weighted by Gasteiger charge is -2.44. The Morgan fingerprint density at radius 2 is 1.46 bits per heavy atom. The van der Waals surface area contributed by atoms with Crippen molar-refractivity contribution >= 4 is 82.2 Å². The van der Waals surface area contributed by atoms with Crippen molar-refractivity contribution in [2.45, 2.75) is 50.6 Å². The van der Waals surface area contributed by atoms with Crippen molar-refractivity contribution in [1.29, 1.82) is 0 Å². The molecule has 3 aromatic carbocycles. The third-order valence-electron chi connectivity index (χ3n) is 13.6. The number of carbonyl (C=O) groups excluding carboxylic acids is 4. The largest absolute Gasteiger partial charge is 0.494 e. The van der Waals surface area contributed by atoms with E-state index in [1.807, 2.05) is 36.4 Å². The summed E-state index contributed by atoms with van der Waals surface area (Å²) in [7, 11) is -0.893. The Morgan fingerprint density at radius 3 is 2.17 bits per heavy atom. The van der Waals surface area contributed by atoms with Crippen molar-refractivity contribution < 1.29 is 28.5 Å². The predicted molar refractivity (Wildman–Crippen MR) is 253 cm³/mol. The van der Waals surface area contributed by atoms with Crippen LogP contribution in [0.2, 0.25) is 5.02 Å². The van der Waals surface area contributed by atoms with Crippen molar-refractivity contribution in [3.05, 3.63) is 83.0 Å². The minimum absolute atomic E-state index is 0.0990. The van der Waals surface area contributed by atoms with Gasteiger partial charge in [-0.1, -0.05) is 23.7 Å². The Labute approximate surface area is 384 Å². The molecule has 4 aromatic rings. The molecule has 1 unspecified atom stereocenters. The number of nitrogens with one attached hydrogen (secondary N) is 3. The van der Waals surface area contributed by atoms with Gasteiger partial charge in [0.2, 0.25) is 17.8 Å². The molecule has 0 bridgehead atoms. The number of halogens is 1. The fourth-order valence-electron chi connectivity index (χ4n) is 9.99. The summed E-state index contributed by atoms with van der Waals surface area (Å²) in [6, 6.07) is 18.6. The smallest absolute Gasteiger partial charge is 0.262 e. The van der Waals surface area contributed by atoms with Gasteiger partial charge < -0.3 is 34.6 Å². The van der Waals surface area contributed by atoms with E-state index in [1.54, 1.807) is 32.6 Å². The summed E-state index contributed by atoms with van der Waals surface area (Å²) in [5, 5.41) is 9.86. The second-order valence-corrected chi connectivity index (χ2v) is 21.6. The fourth-order valence-corrected chi connectivity index (χ4v) is 11.3. The van der Waals surface area contributed by atoms with Crippen LogP contribution in [0.5, 0.6) is 5.75 Å². The van der Waals surface area contributed by atoms with Gasteiger partial charge in [-0.15, -0.1) is 0 Å². The first kappa shape index (κ1) is 44.7. The highest BCUT2D eigenvalue weighted by Crippen LogP contribution is 2.39. The van der Waals surface area contributed by atoms with Gasteiger partial charge in [-0.2, -0.15) is 4.98 Å². The van der Waals surface area contributed by atoms with E-state index in [0.717, 1.165) is 112 Å². The summed E-state index contributed by atoms with van der Waals surface area (Å²) >= 11 is 6.50. The van der Waals surface area contributed by atoms with Crippen LogP contribution < -0.4 is 35.8 Å². The number of imide groups is 2. The SMILES string of the molecule is COc1cc(N2CCC(N3CCN(CC4CCN(c5ccc6c(c5)C(=O)N(C5CCC(=O)NC5=O)C6=O)CC4)CC3)CC2)ccc1Nc1ncc(Cl)c(Nc2ccccc2P(C)(C)=O)n1. The van der Waals surface area contributed by atoms with Crippen LogP contribution in [-0.2, 0) is 14.2 Å². The second kappa shape index (κ2) is 18.7. The molecular weight excluding hydrogens is 867 g/mol. The first-order chi connectivity index (χ1) is 31.3. The summed E-state index contributed by atoms with van der Waals surface area (Å²) < 4.78 is 18.8. The lowest BCUT2D eigenvalue weighted by atomic mass is 9.95. The maximum atomic E-state index is 13.4. The van der Waals surface area contributed by atoms with E-state index in [9.17, 15) is 23.7 Å². The number of hydrogen-bond acceptors (Lipinski definition) is 14. The van der Waals surface area contributed by atoms with Crippen molar-refractivity contribution in [2.24, 2.45) is 5.92 Å². The first-order valence-corrected chi connectivity index (χ1v) is 25.5. The molecule has 342 valence electrons. The molecule has 18 heteroatoms. The molecule has 16 nitrogen and oxygen atoms in total. The van der Waals surface area contributed by atoms with Crippen LogP contribution >= 0.6 is 18.7 Å². The quantitative estimate of drug-likeness (QED) is 0.115. The van der Waals surface area contributed by atoms with Crippen molar-refractivity contribution in [3.8, 4) is 5.75 Å². The van der Waals surface area contributed by atoms with Crippen LogP contribution in [0.3, 0.4) is 0 Å². The normalized spacial score (nSPS) is 20.6. The number of ether oxygens (including phenoxy) is 1. The van der Waals surface area contributed by atoms with Gasteiger partial charge in [0, 0.05) is 94.1 Å². The number of aromatic nitrogens is 2. The lowest BCUT2D eigenvalue weighted by molar-refractivity contribution is -0.136. The number of hydrogen-bond donors (Lipinski definition) is 3. The summed E-state index contributed by atoms with van der Waals surface area (Å²) in [6.07, 6.45) is 6.09. The molecule has 6 heterocycles. The van der Waals surface area contributed by atoms with E-state index >= 15 is 0 Å². The standard InChI is InChI=1S/C47H56ClN10O6P/c1-64-40-27-33(9-11-37(40)51-47-49-28-36(48)43(53-47)50-38-6-4-5-7-41(38)65(2,3)63)56-20-16-31(17-21-56)57-24-22-54(23-25-57)29-30-14-18-55(19-15-30)32-8-10-34-35(26-32)46(62)58(45(34)61)39-12-13-42(59)52-44(39)60/h4-11,26-28,30-31,39H,12-25,29H2,1-3H3,(H,52,59,60)(H2,49,50,51,53). The van der Waals surface area contributed by atoms with E-state index in [1.165, 1.54) is 6.20 Å². The summed E-state index contributed by atoms with van der Waals surface area (Å²) in [6.45, 7) is 12.5. The number of anilines is 6. The van der Waals surface area contributed by atoms with Crippen LogP contribution in [0.25, 0.3) is 0 Å². The van der Waals surface area contributed by atoms with Gasteiger partial charge in [0.25, 0.3) is 11.8 Å². The van der Waals surface area contributed by atoms with Gasteiger partial charge in [-0.25, -0.2) is 4.98 Å². The molecule has 0 saturated carbocycles. The Kier molecular flexibility index (Phi) is 12.9. The molecule has 65 heavy (non-hydrogen) atoms. The number of para-hydroxylation sites is 1. The minimum atomic E-state index is -2.55. The number of piperidine rings is 3. The molecule has 1 aromatic heterocycles. The number of amides is 4. The number of methoxy groups -OCH3 is 1. The summed E-state index contributed by atoms with van der Waals surface area (Å²) in [5.41, 5.74) is 4.08. The van der Waals surface area contributed by atoms with Gasteiger partial charge in [-0.3, -0.25) is 34.3 Å². The van der Waals surface area contributed by atoms with Gasteiger partial charge in [0.05, 0.1) is 35.8 Å². The molecular formula is C47H56ClN10O6P. The zero-order valence-corrected chi connectivity index (χ0v) is 38.7. The highest BCUT2D eigenvalue weighted by molar-refractivity contribution is 7.70. The van der Waals surface area contributed by atoms with Gasteiger partial charge >= 0.3 is 0 Å². The number of fused-ring (bicyclic) bond motifs is 1. The molecule has 4 amide bonds. The van der Waals surface area contributed by atoms with Crippen molar-refractivity contribution in [2.75, 3.05) is 99.8 Å². The van der Waals surface area contributed by atoms with Crippen molar-refractivity contribution in [3.63, 3.8) is 0 Å². The fraction of sp³-hybridized carbons (Fsp3) is 0.447. The molecule has 9 rings (SSSR count). The zero-order valence-electron chi connectivity index (χ0n) is 37.1. The van der Waals surface area contributed by atoms with Crippen molar-refractivity contribution in [1.82, 2.24) is 30.0 Å². The number of carbonyl (C=O) groups is 4. The average Bonchev–Trinajstić information content (AvgIpc) is 3.55. The Balaban J connectivity index is 0.724. The molecule has 4 fully saturated rings. The maximum Gasteiger partial charge on any atom is 0.262 e. The van der Waals surface area contributed by atoms with E-state index in [2.05, 4.69) is 57.7 Å². The molecule has 5 aliphatic heterocycles. The highest BCUT2D eigenvalue weighted by atomic mass is 35.5. The average molecular weight is 923 g/mol. The van der Waals surface area contributed by atoms with E-state index in [0.29, 0.717) is 51.3 Å². The molecule has 5 aliphatic rings. The number of benzene rings is 3. The first-order valence-electron chi connectivity index (χ1n) is 22.5. The third-order valence-corrected chi connectivity index (χ3v) is 15.4. The third kappa shape index (κ3) is 9.58. The molecule has 0 aliphatic carbocycles. The molecule has 4 saturated heterocycles. The second-order valence-electron chi connectivity index (χ2n) is 18.1. The van der Waals surface area contributed by atoms with E-state index in [-0.39, 0.29) is 18.7 Å². The van der Waals surface area contributed by atoms with E-state index in [4.69, 9.17) is 16.3 Å². The minimum Gasteiger partial charge on any atom is -0.494 e. The summed E-state index contributed by atoms with van der Waals surface area (Å²) in [5.74, 6) is 0.0999. The van der Waals surface area contributed by atoms with Gasteiger partial charge in [0.1, 0.15) is 24.0 Å². The number of rotatable bonds is 12. The van der Waals surface area contributed by atoms with E-state index < -0.39 is 30.9 Å². The topological polar surface area (TPSA) is 173 Å². The molecule has 3 N–H and O–H groups in total. The molecule has 0 radical (unpaired) electrons. The Hall–Kier alpha value is -5.54. The van der Waals surface area contributed by atoms with Gasteiger partial charge in [-0.05, 0) is 93.8 Å². The maximum absolute atomic E-state index is 13.4. The molecule has 1 atom stereocenters. The molecule has 0 spiro atoms. The monoisotopic (exact) mass is 922 g/mol. The number of piperazine rings is 1. The Morgan fingerprint density at radius 1 is 0.785 bits per heavy atom. The zero-order chi connectivity index (χ0) is 45.4.